The molecule has 1 atom stereocenters. The van der Waals surface area contributed by atoms with E-state index >= 15 is 0 Å². The summed E-state index contributed by atoms with van der Waals surface area (Å²) in [4.78, 5) is 31.3. The number of hydrogen-bond donors (Lipinski definition) is 1. The first-order valence-corrected chi connectivity index (χ1v) is 12.1. The van der Waals surface area contributed by atoms with E-state index in [9.17, 15) is 9.59 Å². The van der Waals surface area contributed by atoms with E-state index in [4.69, 9.17) is 16.7 Å². The van der Waals surface area contributed by atoms with Gasteiger partial charge < -0.3 is 5.32 Å². The van der Waals surface area contributed by atoms with Crippen LogP contribution in [0.3, 0.4) is 0 Å². The molecule has 0 spiro atoms. The predicted octanol–water partition coefficient (Wildman–Crippen LogP) is 4.64. The second-order valence-electron chi connectivity index (χ2n) is 8.29. The normalized spacial score (nSPS) is 12.3. The molecule has 0 aliphatic heterocycles. The van der Waals surface area contributed by atoms with Crippen molar-refractivity contribution >= 4 is 33.8 Å². The van der Waals surface area contributed by atoms with E-state index in [-0.39, 0.29) is 23.9 Å². The van der Waals surface area contributed by atoms with Crippen molar-refractivity contribution in [2.45, 2.75) is 53.5 Å². The van der Waals surface area contributed by atoms with Crippen LogP contribution in [0.25, 0.3) is 21.9 Å². The summed E-state index contributed by atoms with van der Waals surface area (Å²) in [6.45, 7) is 9.71. The number of halogens is 1. The zero-order valence-electron chi connectivity index (χ0n) is 19.3. The number of aryl methyl sites for hydroxylation is 3. The molecule has 0 fully saturated rings. The number of carbonyl (C=O) groups excluding carboxylic acids is 1. The molecule has 0 aliphatic rings. The topological polar surface area (TPSA) is 81.3 Å². The van der Waals surface area contributed by atoms with Crippen molar-refractivity contribution in [3.05, 3.63) is 67.7 Å². The highest BCUT2D eigenvalue weighted by Gasteiger charge is 2.20. The first kappa shape index (κ1) is 23.2. The van der Waals surface area contributed by atoms with E-state index in [2.05, 4.69) is 10.3 Å². The standard InChI is InChI=1S/C24H26ClN5O2S/c1-6-14(3)26-21(31)11-18-12-33-24-27-16(5)22(23(32)29(18)24)19-9-15(4)30(28-19)20-10-17(25)8-7-13(20)2/h7-10,12,14H,6,11H2,1-5H3,(H,26,31)/t14-/m1/s1. The molecule has 0 saturated carbocycles. The zero-order valence-corrected chi connectivity index (χ0v) is 20.8. The van der Waals surface area contributed by atoms with Crippen molar-refractivity contribution in [1.29, 1.82) is 0 Å². The first-order valence-electron chi connectivity index (χ1n) is 10.8. The summed E-state index contributed by atoms with van der Waals surface area (Å²) >= 11 is 7.56. The molecule has 4 rings (SSSR count). The Balaban J connectivity index is 1.80. The molecule has 3 heterocycles. The van der Waals surface area contributed by atoms with Crippen LogP contribution in [-0.2, 0) is 11.2 Å². The van der Waals surface area contributed by atoms with Crippen LogP contribution < -0.4 is 10.9 Å². The lowest BCUT2D eigenvalue weighted by atomic mass is 10.1. The lowest BCUT2D eigenvalue weighted by Gasteiger charge is -2.11. The molecule has 172 valence electrons. The van der Waals surface area contributed by atoms with Gasteiger partial charge in [0.1, 0.15) is 5.69 Å². The molecule has 0 aliphatic carbocycles. The summed E-state index contributed by atoms with van der Waals surface area (Å²) in [6, 6.07) is 7.59. The van der Waals surface area contributed by atoms with E-state index in [1.54, 1.807) is 4.68 Å². The molecular weight excluding hydrogens is 458 g/mol. The maximum atomic E-state index is 13.6. The lowest BCUT2D eigenvalue weighted by molar-refractivity contribution is -0.121. The Hall–Kier alpha value is -2.97. The number of thiazole rings is 1. The third kappa shape index (κ3) is 4.45. The minimum absolute atomic E-state index is 0.0805. The number of hydrogen-bond acceptors (Lipinski definition) is 5. The van der Waals surface area contributed by atoms with Gasteiger partial charge in [0.2, 0.25) is 5.91 Å². The molecule has 4 aromatic rings. The Morgan fingerprint density at radius 2 is 2.00 bits per heavy atom. The Morgan fingerprint density at radius 1 is 1.24 bits per heavy atom. The van der Waals surface area contributed by atoms with Crippen LogP contribution in [0.15, 0.2) is 34.4 Å². The smallest absolute Gasteiger partial charge is 0.268 e. The summed E-state index contributed by atoms with van der Waals surface area (Å²) in [5, 5.41) is 10.1. The minimum Gasteiger partial charge on any atom is -0.353 e. The molecule has 3 aromatic heterocycles. The van der Waals surface area contributed by atoms with Gasteiger partial charge in [0.05, 0.1) is 23.4 Å². The van der Waals surface area contributed by atoms with Crippen molar-refractivity contribution in [3.8, 4) is 16.9 Å². The summed E-state index contributed by atoms with van der Waals surface area (Å²) in [5.41, 5.74) is 4.72. The van der Waals surface area contributed by atoms with Crippen LogP contribution in [0.2, 0.25) is 5.02 Å². The molecule has 9 heteroatoms. The molecule has 0 radical (unpaired) electrons. The third-order valence-corrected chi connectivity index (χ3v) is 6.84. The Kier molecular flexibility index (Phi) is 6.41. The highest BCUT2D eigenvalue weighted by molar-refractivity contribution is 7.15. The van der Waals surface area contributed by atoms with Crippen LogP contribution >= 0.6 is 22.9 Å². The van der Waals surface area contributed by atoms with Crippen LogP contribution in [-0.4, -0.2) is 31.1 Å². The fourth-order valence-corrected chi connectivity index (χ4v) is 4.86. The molecular formula is C24H26ClN5O2S. The van der Waals surface area contributed by atoms with E-state index in [0.29, 0.717) is 32.6 Å². The molecule has 0 bridgehead atoms. The van der Waals surface area contributed by atoms with E-state index in [1.807, 2.05) is 64.3 Å². The SMILES string of the molecule is CC[C@@H](C)NC(=O)Cc1csc2nc(C)c(-c3cc(C)n(-c4cc(Cl)ccc4C)n3)c(=O)n12. The maximum absolute atomic E-state index is 13.6. The van der Waals surface area contributed by atoms with Crippen molar-refractivity contribution in [1.82, 2.24) is 24.5 Å². The van der Waals surface area contributed by atoms with Gasteiger partial charge in [-0.1, -0.05) is 24.6 Å². The molecule has 0 unspecified atom stereocenters. The van der Waals surface area contributed by atoms with Crippen LogP contribution in [0, 0.1) is 20.8 Å². The predicted molar refractivity (Wildman–Crippen MR) is 133 cm³/mol. The number of benzene rings is 1. The summed E-state index contributed by atoms with van der Waals surface area (Å²) < 4.78 is 3.32. The van der Waals surface area contributed by atoms with Gasteiger partial charge in [-0.25, -0.2) is 9.67 Å². The van der Waals surface area contributed by atoms with Gasteiger partial charge in [0, 0.05) is 27.8 Å². The Morgan fingerprint density at radius 3 is 2.73 bits per heavy atom. The second-order valence-corrected chi connectivity index (χ2v) is 9.56. The van der Waals surface area contributed by atoms with Crippen LogP contribution in [0.4, 0.5) is 0 Å². The number of nitrogens with one attached hydrogen (secondary N) is 1. The zero-order chi connectivity index (χ0) is 23.9. The first-order chi connectivity index (χ1) is 15.7. The summed E-state index contributed by atoms with van der Waals surface area (Å²) in [6.07, 6.45) is 0.957. The summed E-state index contributed by atoms with van der Waals surface area (Å²) in [5.74, 6) is -0.116. The van der Waals surface area contributed by atoms with Gasteiger partial charge in [-0.3, -0.25) is 14.0 Å². The number of carbonyl (C=O) groups is 1. The quantitative estimate of drug-likeness (QED) is 0.433. The molecule has 1 amide bonds. The second kappa shape index (κ2) is 9.11. The van der Waals surface area contributed by atoms with Crippen molar-refractivity contribution < 1.29 is 4.79 Å². The third-order valence-electron chi connectivity index (χ3n) is 5.73. The average molecular weight is 484 g/mol. The fraction of sp³-hybridized carbons (Fsp3) is 0.333. The Labute approximate surface area is 201 Å². The van der Waals surface area contributed by atoms with E-state index in [1.165, 1.54) is 15.7 Å². The number of amides is 1. The molecule has 1 N–H and O–H groups in total. The average Bonchev–Trinajstić information content (AvgIpc) is 3.33. The van der Waals surface area contributed by atoms with E-state index < -0.39 is 0 Å². The Bertz CT molecular complexity index is 1420. The van der Waals surface area contributed by atoms with Gasteiger partial charge in [0.15, 0.2) is 4.96 Å². The van der Waals surface area contributed by atoms with Gasteiger partial charge in [-0.05, 0) is 57.9 Å². The van der Waals surface area contributed by atoms with Crippen molar-refractivity contribution in [3.63, 3.8) is 0 Å². The van der Waals surface area contributed by atoms with Gasteiger partial charge >= 0.3 is 0 Å². The minimum atomic E-state index is -0.224. The van der Waals surface area contributed by atoms with Crippen molar-refractivity contribution in [2.75, 3.05) is 0 Å². The largest absolute Gasteiger partial charge is 0.353 e. The molecule has 7 nitrogen and oxygen atoms in total. The number of rotatable bonds is 6. The van der Waals surface area contributed by atoms with E-state index in [0.717, 1.165) is 23.4 Å². The fourth-order valence-electron chi connectivity index (χ4n) is 3.77. The molecule has 33 heavy (non-hydrogen) atoms. The molecule has 0 saturated heterocycles. The summed E-state index contributed by atoms with van der Waals surface area (Å²) in [7, 11) is 0. The van der Waals surface area contributed by atoms with Gasteiger partial charge in [-0.2, -0.15) is 5.10 Å². The number of nitrogens with zero attached hydrogens (tertiary/aromatic N) is 4. The lowest BCUT2D eigenvalue weighted by Crippen LogP contribution is -2.34. The number of fused-ring (bicyclic) bond motifs is 1. The van der Waals surface area contributed by atoms with Gasteiger partial charge in [-0.15, -0.1) is 11.3 Å². The van der Waals surface area contributed by atoms with Gasteiger partial charge in [0.25, 0.3) is 5.56 Å². The monoisotopic (exact) mass is 483 g/mol. The maximum Gasteiger partial charge on any atom is 0.268 e. The highest BCUT2D eigenvalue weighted by atomic mass is 35.5. The molecule has 1 aromatic carbocycles. The highest BCUT2D eigenvalue weighted by Crippen LogP contribution is 2.26. The van der Waals surface area contributed by atoms with Crippen molar-refractivity contribution in [2.24, 2.45) is 0 Å². The van der Waals surface area contributed by atoms with Crippen LogP contribution in [0.5, 0.6) is 0 Å². The number of aromatic nitrogens is 4. The van der Waals surface area contributed by atoms with Crippen LogP contribution in [0.1, 0.15) is 42.9 Å².